The summed E-state index contributed by atoms with van der Waals surface area (Å²) >= 11 is 0. The highest BCUT2D eigenvalue weighted by Gasteiger charge is 2.47. The van der Waals surface area contributed by atoms with E-state index < -0.39 is 117 Å². The molecular formula is C37H47NO13. The summed E-state index contributed by atoms with van der Waals surface area (Å²) in [6.45, 7) is 10.4. The Morgan fingerprint density at radius 3 is 1.86 bits per heavy atom. The third-order valence-corrected chi connectivity index (χ3v) is 9.99. The van der Waals surface area contributed by atoms with E-state index in [4.69, 9.17) is 4.74 Å². The second kappa shape index (κ2) is 15.4. The molecule has 0 radical (unpaired) electrons. The fourth-order valence-electron chi connectivity index (χ4n) is 6.50. The van der Waals surface area contributed by atoms with Gasteiger partial charge in [-0.3, -0.25) is 24.0 Å². The maximum Gasteiger partial charge on any atom is 0.313 e. The Hall–Kier alpha value is -4.47. The highest BCUT2D eigenvalue weighted by Crippen LogP contribution is 2.43. The molecule has 1 aromatic carbocycles. The molecule has 3 aliphatic rings. The molecule has 2 aliphatic heterocycles. The largest absolute Gasteiger partial charge is 0.507 e. The Kier molecular flexibility index (Phi) is 12.4. The third kappa shape index (κ3) is 7.60. The van der Waals surface area contributed by atoms with Crippen molar-refractivity contribution in [1.29, 1.82) is 0 Å². The van der Waals surface area contributed by atoms with Gasteiger partial charge in [-0.2, -0.15) is 0 Å². The molecule has 14 heteroatoms. The minimum absolute atomic E-state index is 0.0574. The van der Waals surface area contributed by atoms with Crippen LogP contribution < -0.4 is 5.32 Å². The SMILES string of the molecule is COC(=O)C1C(O)C(C)C(O)C(C)/C=C\C=C(/C)C(=O)NC2=C(C)C(=O)c3c(c(O)c(C)c(O)c3C(=O)/C(C)=C/C(C)(O)C(O)C(C)C1O)C2=O. The van der Waals surface area contributed by atoms with Crippen molar-refractivity contribution < 1.29 is 64.5 Å². The number of phenols is 2. The molecule has 0 spiro atoms. The molecule has 1 aromatic rings. The van der Waals surface area contributed by atoms with Gasteiger partial charge in [0.1, 0.15) is 23.0 Å². The van der Waals surface area contributed by atoms with Crippen LogP contribution in [0.4, 0.5) is 0 Å². The van der Waals surface area contributed by atoms with Crippen LogP contribution in [0.25, 0.3) is 0 Å². The standard InChI is InChI=1S/C37H47NO13/c1-14-11-10-12-15(2)35(48)38-25-17(4)28(41)21-22(29(42)19(6)30(43)23(21)33(25)46)27(40)16(3)13-37(8,50)34(47)20(7)32(45)24(36(49)51-9)31(44)18(5)26(14)39/h10-14,18,20,24,26,31-32,34,39,42-45,47,50H,1-9H3,(H,38,48)/b11-10-,15-12+,16-13+. The molecule has 4 bridgehead atoms. The number of amides is 1. The van der Waals surface area contributed by atoms with E-state index >= 15 is 0 Å². The second-order valence-electron chi connectivity index (χ2n) is 13.7. The Balaban J connectivity index is 2.32. The van der Waals surface area contributed by atoms with Gasteiger partial charge in [-0.15, -0.1) is 0 Å². The smallest absolute Gasteiger partial charge is 0.313 e. The number of hydrogen-bond acceptors (Lipinski definition) is 13. The zero-order valence-corrected chi connectivity index (χ0v) is 30.0. The maximum atomic E-state index is 13.9. The number of Topliss-reactive ketones (excluding diaryl/α,β-unsaturated/α-hetero) is 3. The number of aliphatic hydroxyl groups excluding tert-OH is 4. The summed E-state index contributed by atoms with van der Waals surface area (Å²) in [6.07, 6.45) is -1.63. The summed E-state index contributed by atoms with van der Waals surface area (Å²) in [4.78, 5) is 67.6. The average Bonchev–Trinajstić information content (AvgIpc) is 3.08. The number of phenolic OH excluding ortho intramolecular Hbond substituents is 2. The fraction of sp³-hybridized carbons (Fsp3) is 0.486. The first-order valence-electron chi connectivity index (χ1n) is 16.3. The van der Waals surface area contributed by atoms with Crippen molar-refractivity contribution in [2.45, 2.75) is 85.4 Å². The molecule has 9 unspecified atom stereocenters. The Labute approximate surface area is 295 Å². The molecule has 0 saturated carbocycles. The normalized spacial score (nSPS) is 34.3. The summed E-state index contributed by atoms with van der Waals surface area (Å²) in [7, 11) is 1.02. The van der Waals surface area contributed by atoms with E-state index in [1.807, 2.05) is 0 Å². The Morgan fingerprint density at radius 2 is 1.31 bits per heavy atom. The van der Waals surface area contributed by atoms with E-state index in [1.165, 1.54) is 59.8 Å². The molecule has 1 aliphatic carbocycles. The first kappa shape index (κ1) is 41.0. The van der Waals surface area contributed by atoms with E-state index in [9.17, 15) is 59.7 Å². The molecule has 0 fully saturated rings. The maximum absolute atomic E-state index is 13.9. The van der Waals surface area contributed by atoms with Crippen LogP contribution in [0.3, 0.4) is 0 Å². The van der Waals surface area contributed by atoms with Gasteiger partial charge in [-0.25, -0.2) is 0 Å². The van der Waals surface area contributed by atoms with Gasteiger partial charge in [0.05, 0.1) is 53.9 Å². The second-order valence-corrected chi connectivity index (χ2v) is 13.7. The summed E-state index contributed by atoms with van der Waals surface area (Å²) in [5, 5.41) is 80.8. The summed E-state index contributed by atoms with van der Waals surface area (Å²) in [5.74, 6) is -11.4. The van der Waals surface area contributed by atoms with Gasteiger partial charge in [-0.05, 0) is 46.3 Å². The number of aliphatic hydroxyl groups is 5. The van der Waals surface area contributed by atoms with E-state index in [0.717, 1.165) is 20.1 Å². The number of benzene rings is 1. The third-order valence-electron chi connectivity index (χ3n) is 9.99. The molecule has 51 heavy (non-hydrogen) atoms. The minimum Gasteiger partial charge on any atom is -0.507 e. The molecule has 4 rings (SSSR count). The summed E-state index contributed by atoms with van der Waals surface area (Å²) in [5.41, 5.74) is -5.67. The van der Waals surface area contributed by atoms with Crippen LogP contribution in [0, 0.1) is 30.6 Å². The number of rotatable bonds is 1. The lowest BCUT2D eigenvalue weighted by Gasteiger charge is -2.38. The molecule has 14 nitrogen and oxygen atoms in total. The van der Waals surface area contributed by atoms with Crippen molar-refractivity contribution in [3.63, 3.8) is 0 Å². The molecule has 9 atom stereocenters. The van der Waals surface area contributed by atoms with Crippen LogP contribution >= 0.6 is 0 Å². The predicted octanol–water partition coefficient (Wildman–Crippen LogP) is 1.71. The van der Waals surface area contributed by atoms with Crippen LogP contribution in [0.5, 0.6) is 11.5 Å². The number of methoxy groups -OCH3 is 1. The zero-order chi connectivity index (χ0) is 39.0. The minimum atomic E-state index is -2.34. The number of aromatic hydroxyl groups is 2. The number of ketones is 3. The molecule has 2 heterocycles. The van der Waals surface area contributed by atoms with Crippen molar-refractivity contribution in [1.82, 2.24) is 5.32 Å². The van der Waals surface area contributed by atoms with Gasteiger partial charge in [0.2, 0.25) is 5.78 Å². The zero-order valence-electron chi connectivity index (χ0n) is 30.0. The topological polar surface area (TPSA) is 248 Å². The van der Waals surface area contributed by atoms with Crippen LogP contribution in [0.1, 0.15) is 85.1 Å². The van der Waals surface area contributed by atoms with E-state index in [2.05, 4.69) is 5.32 Å². The van der Waals surface area contributed by atoms with E-state index in [0.29, 0.717) is 0 Å². The van der Waals surface area contributed by atoms with Crippen molar-refractivity contribution in [2.75, 3.05) is 7.11 Å². The van der Waals surface area contributed by atoms with Gasteiger partial charge < -0.3 is 45.8 Å². The highest BCUT2D eigenvalue weighted by molar-refractivity contribution is 6.32. The number of ether oxygens (including phenoxy) is 1. The quantitative estimate of drug-likeness (QED) is 0.193. The van der Waals surface area contributed by atoms with Crippen LogP contribution in [-0.2, 0) is 14.3 Å². The molecular weight excluding hydrogens is 666 g/mol. The summed E-state index contributed by atoms with van der Waals surface area (Å²) < 4.78 is 4.83. The lowest BCUT2D eigenvalue weighted by atomic mass is 9.75. The number of carbonyl (C=O) groups excluding carboxylic acids is 5. The van der Waals surface area contributed by atoms with Crippen LogP contribution in [0.15, 0.2) is 46.7 Å². The highest BCUT2D eigenvalue weighted by atomic mass is 16.5. The number of carbonyl (C=O) groups is 5. The van der Waals surface area contributed by atoms with E-state index in [1.54, 1.807) is 6.92 Å². The predicted molar refractivity (Wildman–Crippen MR) is 183 cm³/mol. The van der Waals surface area contributed by atoms with Crippen LogP contribution in [0.2, 0.25) is 0 Å². The first-order chi connectivity index (χ1) is 23.5. The molecule has 0 saturated heterocycles. The number of esters is 1. The molecule has 8 N–H and O–H groups in total. The lowest BCUT2D eigenvalue weighted by molar-refractivity contribution is -0.168. The molecule has 1 amide bonds. The van der Waals surface area contributed by atoms with Crippen molar-refractivity contribution in [3.8, 4) is 11.5 Å². The number of nitrogens with one attached hydrogen (secondary N) is 1. The van der Waals surface area contributed by atoms with Crippen molar-refractivity contribution in [3.05, 3.63) is 69.0 Å². The Morgan fingerprint density at radius 1 is 0.784 bits per heavy atom. The first-order valence-corrected chi connectivity index (χ1v) is 16.3. The fourth-order valence-corrected chi connectivity index (χ4v) is 6.50. The lowest BCUT2D eigenvalue weighted by Crippen LogP contribution is -2.53. The van der Waals surface area contributed by atoms with Gasteiger partial charge >= 0.3 is 5.97 Å². The monoisotopic (exact) mass is 713 g/mol. The molecule has 0 aromatic heterocycles. The average molecular weight is 714 g/mol. The number of allylic oxidation sites excluding steroid dienone is 5. The summed E-state index contributed by atoms with van der Waals surface area (Å²) in [6, 6.07) is 0. The van der Waals surface area contributed by atoms with Crippen molar-refractivity contribution in [2.24, 2.45) is 23.7 Å². The van der Waals surface area contributed by atoms with Crippen molar-refractivity contribution >= 4 is 29.2 Å². The van der Waals surface area contributed by atoms with Gasteiger partial charge in [0.25, 0.3) is 5.91 Å². The van der Waals surface area contributed by atoms with Gasteiger partial charge in [-0.1, -0.05) is 39.0 Å². The molecule has 278 valence electrons. The van der Waals surface area contributed by atoms with Gasteiger partial charge in [0.15, 0.2) is 11.6 Å². The number of fused-ring (bicyclic) bond motifs is 15. The van der Waals surface area contributed by atoms with E-state index in [-0.39, 0.29) is 22.3 Å². The Bertz CT molecular complexity index is 1770. The van der Waals surface area contributed by atoms with Crippen LogP contribution in [-0.4, -0.2) is 102 Å². The number of hydrogen-bond donors (Lipinski definition) is 8. The van der Waals surface area contributed by atoms with Gasteiger partial charge in [0, 0.05) is 34.5 Å².